The molecule has 0 amide bonds. The molecule has 2 heterocycles. The van der Waals surface area contributed by atoms with E-state index >= 15 is 0 Å². The van der Waals surface area contributed by atoms with Crippen LogP contribution in [0.2, 0.25) is 0 Å². The van der Waals surface area contributed by atoms with Gasteiger partial charge in [0.25, 0.3) is 0 Å². The van der Waals surface area contributed by atoms with Crippen molar-refractivity contribution in [2.75, 3.05) is 6.54 Å². The fourth-order valence-corrected chi connectivity index (χ4v) is 2.52. The molecule has 0 radical (unpaired) electrons. The van der Waals surface area contributed by atoms with E-state index in [0.717, 1.165) is 19.6 Å². The summed E-state index contributed by atoms with van der Waals surface area (Å²) in [5, 5.41) is 3.50. The molecule has 2 unspecified atom stereocenters. The molecule has 1 aromatic rings. The van der Waals surface area contributed by atoms with Crippen molar-refractivity contribution >= 4 is 0 Å². The molecule has 18 heavy (non-hydrogen) atoms. The van der Waals surface area contributed by atoms with Crippen LogP contribution in [0.1, 0.15) is 39.3 Å². The maximum absolute atomic E-state index is 5.89. The van der Waals surface area contributed by atoms with E-state index in [1.807, 2.05) is 0 Å². The molecule has 0 saturated carbocycles. The molecular formula is C15H26N2O. The number of nitrogens with zero attached hydrogens (tertiary/aromatic N) is 1. The zero-order valence-corrected chi connectivity index (χ0v) is 11.9. The molecule has 1 aromatic heterocycles. The van der Waals surface area contributed by atoms with Crippen molar-refractivity contribution in [3.8, 4) is 0 Å². The van der Waals surface area contributed by atoms with Gasteiger partial charge in [-0.25, -0.2) is 0 Å². The van der Waals surface area contributed by atoms with Crippen LogP contribution in [0.15, 0.2) is 18.3 Å². The quantitative estimate of drug-likeness (QED) is 0.840. The second-order valence-electron chi connectivity index (χ2n) is 5.82. The van der Waals surface area contributed by atoms with Crippen molar-refractivity contribution in [3.63, 3.8) is 0 Å². The van der Waals surface area contributed by atoms with Gasteiger partial charge in [-0.2, -0.15) is 0 Å². The van der Waals surface area contributed by atoms with E-state index in [4.69, 9.17) is 4.74 Å². The number of rotatable bonds is 6. The first-order chi connectivity index (χ1) is 8.65. The van der Waals surface area contributed by atoms with Crippen LogP contribution < -0.4 is 5.32 Å². The molecule has 2 atom stereocenters. The molecule has 102 valence electrons. The topological polar surface area (TPSA) is 26.2 Å². The van der Waals surface area contributed by atoms with Gasteiger partial charge in [-0.3, -0.25) is 0 Å². The molecule has 1 saturated heterocycles. The summed E-state index contributed by atoms with van der Waals surface area (Å²) in [6, 6.07) is 4.33. The third-order valence-corrected chi connectivity index (χ3v) is 3.50. The lowest BCUT2D eigenvalue weighted by Gasteiger charge is -2.16. The third kappa shape index (κ3) is 3.85. The lowest BCUT2D eigenvalue weighted by atomic mass is 10.2. The molecule has 2 rings (SSSR count). The number of hydrogen-bond acceptors (Lipinski definition) is 2. The van der Waals surface area contributed by atoms with Gasteiger partial charge >= 0.3 is 0 Å². The third-order valence-electron chi connectivity index (χ3n) is 3.50. The van der Waals surface area contributed by atoms with Crippen LogP contribution in [-0.2, 0) is 17.8 Å². The monoisotopic (exact) mass is 250 g/mol. The Balaban J connectivity index is 1.83. The molecule has 1 fully saturated rings. The standard InChI is InChI=1S/C15H26N2O/c1-12(2)9-16-10-14-5-4-8-17(14)11-15-7-6-13(3)18-15/h4-5,8,12-13,15-16H,6-7,9-11H2,1-3H3. The zero-order valence-electron chi connectivity index (χ0n) is 11.9. The summed E-state index contributed by atoms with van der Waals surface area (Å²) in [7, 11) is 0. The molecule has 3 nitrogen and oxygen atoms in total. The predicted octanol–water partition coefficient (Wildman–Crippen LogP) is 2.80. The normalized spacial score (nSPS) is 24.0. The number of nitrogens with one attached hydrogen (secondary N) is 1. The van der Waals surface area contributed by atoms with Crippen LogP contribution in [-0.4, -0.2) is 23.3 Å². The minimum atomic E-state index is 0.399. The first kappa shape index (κ1) is 13.6. The summed E-state index contributed by atoms with van der Waals surface area (Å²) in [4.78, 5) is 0. The van der Waals surface area contributed by atoms with Gasteiger partial charge in [-0.15, -0.1) is 0 Å². The summed E-state index contributed by atoms with van der Waals surface area (Å²) >= 11 is 0. The summed E-state index contributed by atoms with van der Waals surface area (Å²) in [5.74, 6) is 0.701. The molecule has 1 N–H and O–H groups in total. The van der Waals surface area contributed by atoms with Gasteiger partial charge in [-0.1, -0.05) is 13.8 Å². The van der Waals surface area contributed by atoms with Gasteiger partial charge in [0, 0.05) is 25.0 Å². The lowest BCUT2D eigenvalue weighted by Crippen LogP contribution is -2.23. The Morgan fingerprint density at radius 2 is 2.28 bits per heavy atom. The maximum atomic E-state index is 5.89. The Labute approximate surface area is 111 Å². The van der Waals surface area contributed by atoms with Crippen molar-refractivity contribution in [3.05, 3.63) is 24.0 Å². The summed E-state index contributed by atoms with van der Waals surface area (Å²) in [6.45, 7) is 9.66. The minimum Gasteiger partial charge on any atom is -0.373 e. The van der Waals surface area contributed by atoms with Gasteiger partial charge in [0.15, 0.2) is 0 Å². The number of ether oxygens (including phenoxy) is 1. The van der Waals surface area contributed by atoms with Crippen molar-refractivity contribution in [2.24, 2.45) is 5.92 Å². The fourth-order valence-electron chi connectivity index (χ4n) is 2.52. The summed E-state index contributed by atoms with van der Waals surface area (Å²) in [6.07, 6.45) is 5.40. The van der Waals surface area contributed by atoms with E-state index in [9.17, 15) is 0 Å². The lowest BCUT2D eigenvalue weighted by molar-refractivity contribution is 0.0453. The Morgan fingerprint density at radius 3 is 2.94 bits per heavy atom. The molecule has 0 aliphatic carbocycles. The van der Waals surface area contributed by atoms with E-state index < -0.39 is 0 Å². The Kier molecular flexibility index (Phi) is 4.84. The van der Waals surface area contributed by atoms with Crippen molar-refractivity contribution in [1.82, 2.24) is 9.88 Å². The highest BCUT2D eigenvalue weighted by Gasteiger charge is 2.22. The van der Waals surface area contributed by atoms with E-state index in [1.54, 1.807) is 0 Å². The van der Waals surface area contributed by atoms with Gasteiger partial charge in [0.1, 0.15) is 0 Å². The molecule has 1 aliphatic rings. The molecule has 0 aromatic carbocycles. The molecule has 1 aliphatic heterocycles. The average molecular weight is 250 g/mol. The van der Waals surface area contributed by atoms with Gasteiger partial charge in [0.05, 0.1) is 12.2 Å². The van der Waals surface area contributed by atoms with Crippen molar-refractivity contribution in [1.29, 1.82) is 0 Å². The van der Waals surface area contributed by atoms with Crippen LogP contribution in [0, 0.1) is 5.92 Å². The van der Waals surface area contributed by atoms with Crippen LogP contribution in [0.3, 0.4) is 0 Å². The summed E-state index contributed by atoms with van der Waals surface area (Å²) < 4.78 is 8.22. The van der Waals surface area contributed by atoms with Crippen LogP contribution in [0.5, 0.6) is 0 Å². The molecule has 0 spiro atoms. The molecule has 3 heteroatoms. The smallest absolute Gasteiger partial charge is 0.0758 e. The van der Waals surface area contributed by atoms with Gasteiger partial charge in [-0.05, 0) is 44.4 Å². The van der Waals surface area contributed by atoms with Crippen molar-refractivity contribution < 1.29 is 4.74 Å². The van der Waals surface area contributed by atoms with Gasteiger partial charge in [0.2, 0.25) is 0 Å². The maximum Gasteiger partial charge on any atom is 0.0758 e. The van der Waals surface area contributed by atoms with Crippen LogP contribution in [0.25, 0.3) is 0 Å². The fraction of sp³-hybridized carbons (Fsp3) is 0.733. The Bertz CT molecular complexity index is 359. The van der Waals surface area contributed by atoms with Gasteiger partial charge < -0.3 is 14.6 Å². The predicted molar refractivity (Wildman–Crippen MR) is 74.5 cm³/mol. The van der Waals surface area contributed by atoms with E-state index in [-0.39, 0.29) is 0 Å². The highest BCUT2D eigenvalue weighted by atomic mass is 16.5. The van der Waals surface area contributed by atoms with E-state index in [0.29, 0.717) is 18.1 Å². The largest absolute Gasteiger partial charge is 0.373 e. The number of hydrogen-bond donors (Lipinski definition) is 1. The molecule has 0 bridgehead atoms. The van der Waals surface area contributed by atoms with E-state index in [2.05, 4.69) is 49.0 Å². The SMILES string of the molecule is CC(C)CNCc1cccn1CC1CCC(C)O1. The first-order valence-corrected chi connectivity index (χ1v) is 7.15. The van der Waals surface area contributed by atoms with Crippen LogP contribution >= 0.6 is 0 Å². The number of aromatic nitrogens is 1. The second-order valence-corrected chi connectivity index (χ2v) is 5.82. The Hall–Kier alpha value is -0.800. The second kappa shape index (κ2) is 6.39. The zero-order chi connectivity index (χ0) is 13.0. The first-order valence-electron chi connectivity index (χ1n) is 7.15. The highest BCUT2D eigenvalue weighted by Crippen LogP contribution is 2.21. The Morgan fingerprint density at radius 1 is 1.44 bits per heavy atom. The minimum absolute atomic E-state index is 0.399. The van der Waals surface area contributed by atoms with E-state index in [1.165, 1.54) is 18.5 Å². The average Bonchev–Trinajstić information content (AvgIpc) is 2.89. The van der Waals surface area contributed by atoms with Crippen LogP contribution in [0.4, 0.5) is 0 Å². The molecular weight excluding hydrogens is 224 g/mol. The highest BCUT2D eigenvalue weighted by molar-refractivity contribution is 5.07. The van der Waals surface area contributed by atoms with Crippen molar-refractivity contribution in [2.45, 2.75) is 58.9 Å². The summed E-state index contributed by atoms with van der Waals surface area (Å²) in [5.41, 5.74) is 1.36.